The Balaban J connectivity index is 2.39. The zero-order valence-electron chi connectivity index (χ0n) is 8.66. The van der Waals surface area contributed by atoms with Gasteiger partial charge >= 0.3 is 0 Å². The van der Waals surface area contributed by atoms with E-state index in [1.165, 1.54) is 0 Å². The van der Waals surface area contributed by atoms with E-state index in [0.29, 0.717) is 0 Å². The molecule has 2 heteroatoms. The van der Waals surface area contributed by atoms with Crippen molar-refractivity contribution in [1.29, 1.82) is 0 Å². The number of rotatable bonds is 1. The molecule has 0 aromatic heterocycles. The summed E-state index contributed by atoms with van der Waals surface area (Å²) in [4.78, 5) is 13.8. The van der Waals surface area contributed by atoms with Gasteiger partial charge in [0.05, 0.1) is 5.41 Å². The van der Waals surface area contributed by atoms with Crippen LogP contribution >= 0.6 is 0 Å². The first-order valence-electron chi connectivity index (χ1n) is 4.96. The van der Waals surface area contributed by atoms with Gasteiger partial charge in [0, 0.05) is 13.6 Å². The molecule has 0 spiro atoms. The van der Waals surface area contributed by atoms with Crippen molar-refractivity contribution in [1.82, 2.24) is 4.90 Å². The van der Waals surface area contributed by atoms with Crippen LogP contribution in [0, 0.1) is 0 Å². The Kier molecular flexibility index (Phi) is 2.06. The second-order valence-electron chi connectivity index (χ2n) is 4.17. The fourth-order valence-corrected chi connectivity index (χ4v) is 2.09. The van der Waals surface area contributed by atoms with E-state index >= 15 is 0 Å². The van der Waals surface area contributed by atoms with Gasteiger partial charge in [-0.2, -0.15) is 0 Å². The van der Waals surface area contributed by atoms with E-state index in [2.05, 4.69) is 0 Å². The van der Waals surface area contributed by atoms with Crippen molar-refractivity contribution in [2.45, 2.75) is 18.8 Å². The maximum atomic E-state index is 12.0. The first kappa shape index (κ1) is 9.25. The molecule has 0 aliphatic carbocycles. The van der Waals surface area contributed by atoms with Crippen LogP contribution in [0.3, 0.4) is 0 Å². The normalized spacial score (nSPS) is 27.0. The summed E-state index contributed by atoms with van der Waals surface area (Å²) in [6.45, 7) is 2.90. The van der Waals surface area contributed by atoms with Crippen molar-refractivity contribution >= 4 is 5.91 Å². The van der Waals surface area contributed by atoms with E-state index in [1.54, 1.807) is 0 Å². The molecule has 1 aromatic rings. The molecule has 14 heavy (non-hydrogen) atoms. The average molecular weight is 189 g/mol. The van der Waals surface area contributed by atoms with Gasteiger partial charge in [-0.15, -0.1) is 0 Å². The Morgan fingerprint density at radius 2 is 1.93 bits per heavy atom. The van der Waals surface area contributed by atoms with Crippen LogP contribution in [0.5, 0.6) is 0 Å². The lowest BCUT2D eigenvalue weighted by atomic mass is 9.81. The van der Waals surface area contributed by atoms with Crippen molar-refractivity contribution in [2.75, 3.05) is 13.6 Å². The Hall–Kier alpha value is -1.31. The van der Waals surface area contributed by atoms with Crippen molar-refractivity contribution in [3.05, 3.63) is 35.9 Å². The molecule has 2 nitrogen and oxygen atoms in total. The Morgan fingerprint density at radius 3 is 2.43 bits per heavy atom. The van der Waals surface area contributed by atoms with E-state index in [9.17, 15) is 4.79 Å². The van der Waals surface area contributed by atoms with Crippen LogP contribution in [-0.2, 0) is 10.2 Å². The van der Waals surface area contributed by atoms with Gasteiger partial charge in [0.1, 0.15) is 0 Å². The van der Waals surface area contributed by atoms with Gasteiger partial charge in [0.15, 0.2) is 0 Å². The molecule has 0 unspecified atom stereocenters. The van der Waals surface area contributed by atoms with Gasteiger partial charge in [-0.05, 0) is 18.9 Å². The van der Waals surface area contributed by atoms with Crippen molar-refractivity contribution < 1.29 is 4.79 Å². The van der Waals surface area contributed by atoms with Gasteiger partial charge in [-0.3, -0.25) is 4.79 Å². The second kappa shape index (κ2) is 3.12. The summed E-state index contributed by atoms with van der Waals surface area (Å²) in [6.07, 6.45) is 0.923. The van der Waals surface area contributed by atoms with Crippen molar-refractivity contribution in [2.24, 2.45) is 0 Å². The predicted octanol–water partition coefficient (Wildman–Crippen LogP) is 1.81. The largest absolute Gasteiger partial charge is 0.345 e. The van der Waals surface area contributed by atoms with Gasteiger partial charge in [-0.25, -0.2) is 0 Å². The maximum Gasteiger partial charge on any atom is 0.232 e. The van der Waals surface area contributed by atoms with Gasteiger partial charge in [-0.1, -0.05) is 30.3 Å². The number of carbonyl (C=O) groups excluding carboxylic acids is 1. The lowest BCUT2D eigenvalue weighted by molar-refractivity contribution is -0.130. The number of hydrogen-bond acceptors (Lipinski definition) is 1. The Bertz CT molecular complexity index is 347. The van der Waals surface area contributed by atoms with Crippen molar-refractivity contribution in [3.63, 3.8) is 0 Å². The molecule has 0 radical (unpaired) electrons. The highest BCUT2D eigenvalue weighted by Gasteiger charge is 2.42. The standard InChI is InChI=1S/C12H15NO/c1-12(8-9-13(2)11(12)14)10-6-4-3-5-7-10/h3-7H,8-9H2,1-2H3/t12-/m0/s1. The number of nitrogens with zero attached hydrogens (tertiary/aromatic N) is 1. The minimum Gasteiger partial charge on any atom is -0.345 e. The second-order valence-corrected chi connectivity index (χ2v) is 4.17. The molecule has 1 amide bonds. The number of carbonyl (C=O) groups is 1. The smallest absolute Gasteiger partial charge is 0.232 e. The van der Waals surface area contributed by atoms with Crippen LogP contribution < -0.4 is 0 Å². The van der Waals surface area contributed by atoms with Gasteiger partial charge < -0.3 is 4.90 Å². The fraction of sp³-hybridized carbons (Fsp3) is 0.417. The summed E-state index contributed by atoms with van der Waals surface area (Å²) in [7, 11) is 1.87. The predicted molar refractivity (Wildman–Crippen MR) is 56.0 cm³/mol. The summed E-state index contributed by atoms with van der Waals surface area (Å²) in [5.74, 6) is 0.240. The van der Waals surface area contributed by atoms with Crippen LogP contribution in [0.15, 0.2) is 30.3 Å². The van der Waals surface area contributed by atoms with E-state index in [-0.39, 0.29) is 11.3 Å². The first-order chi connectivity index (χ1) is 6.64. The molecule has 1 fully saturated rings. The Morgan fingerprint density at radius 1 is 1.29 bits per heavy atom. The maximum absolute atomic E-state index is 12.0. The zero-order chi connectivity index (χ0) is 10.2. The third kappa shape index (κ3) is 1.22. The van der Waals surface area contributed by atoms with E-state index < -0.39 is 0 Å². The van der Waals surface area contributed by atoms with E-state index in [0.717, 1.165) is 18.5 Å². The first-order valence-corrected chi connectivity index (χ1v) is 4.96. The summed E-state index contributed by atoms with van der Waals surface area (Å²) in [5.41, 5.74) is 0.838. The van der Waals surface area contributed by atoms with Crippen LogP contribution in [0.2, 0.25) is 0 Å². The molecule has 0 bridgehead atoms. The molecular weight excluding hydrogens is 174 g/mol. The molecule has 1 aliphatic rings. The van der Waals surface area contributed by atoms with Gasteiger partial charge in [0.25, 0.3) is 0 Å². The average Bonchev–Trinajstić information content (AvgIpc) is 2.49. The number of likely N-dealkylation sites (N-methyl/N-ethyl adjacent to an activating group) is 1. The zero-order valence-corrected chi connectivity index (χ0v) is 8.66. The number of amides is 1. The molecule has 2 rings (SSSR count). The number of hydrogen-bond donors (Lipinski definition) is 0. The summed E-state index contributed by atoms with van der Waals surface area (Å²) < 4.78 is 0. The molecule has 0 N–H and O–H groups in total. The molecule has 1 atom stereocenters. The topological polar surface area (TPSA) is 20.3 Å². The number of benzene rings is 1. The summed E-state index contributed by atoms with van der Waals surface area (Å²) in [6, 6.07) is 10.0. The lowest BCUT2D eigenvalue weighted by Gasteiger charge is -2.22. The van der Waals surface area contributed by atoms with Crippen LogP contribution in [0.4, 0.5) is 0 Å². The third-order valence-electron chi connectivity index (χ3n) is 3.18. The summed E-state index contributed by atoms with van der Waals surface area (Å²) in [5, 5.41) is 0. The quantitative estimate of drug-likeness (QED) is 0.659. The fourth-order valence-electron chi connectivity index (χ4n) is 2.09. The minimum atomic E-state index is -0.296. The highest BCUT2D eigenvalue weighted by molar-refractivity contribution is 5.89. The SMILES string of the molecule is CN1CC[C@@](C)(c2ccccc2)C1=O. The highest BCUT2D eigenvalue weighted by atomic mass is 16.2. The van der Waals surface area contributed by atoms with Gasteiger partial charge in [0.2, 0.25) is 5.91 Å². The van der Waals surface area contributed by atoms with Crippen LogP contribution in [0.1, 0.15) is 18.9 Å². The molecule has 0 saturated carbocycles. The van der Waals surface area contributed by atoms with E-state index in [4.69, 9.17) is 0 Å². The Labute approximate surface area is 84.5 Å². The minimum absolute atomic E-state index is 0.240. The third-order valence-corrected chi connectivity index (χ3v) is 3.18. The number of likely N-dealkylation sites (tertiary alicyclic amines) is 1. The highest BCUT2D eigenvalue weighted by Crippen LogP contribution is 2.34. The molecule has 1 aromatic carbocycles. The monoisotopic (exact) mass is 189 g/mol. The molecule has 1 aliphatic heterocycles. The molecule has 74 valence electrons. The molecule has 1 saturated heterocycles. The molecular formula is C12H15NO. The molecule has 1 heterocycles. The van der Waals surface area contributed by atoms with E-state index in [1.807, 2.05) is 49.2 Å². The van der Waals surface area contributed by atoms with Crippen LogP contribution in [0.25, 0.3) is 0 Å². The van der Waals surface area contributed by atoms with Crippen molar-refractivity contribution in [3.8, 4) is 0 Å². The lowest BCUT2D eigenvalue weighted by Crippen LogP contribution is -2.33. The summed E-state index contributed by atoms with van der Waals surface area (Å²) >= 11 is 0. The van der Waals surface area contributed by atoms with Crippen LogP contribution in [-0.4, -0.2) is 24.4 Å².